The fraction of sp³-hybridized carbons (Fsp3) is 0. The smallest absolute Gasteiger partial charge is 0.145 e. The number of fused-ring (bicyclic) bond motifs is 9. The molecule has 4 aromatic carbocycles. The van der Waals surface area contributed by atoms with E-state index < -0.39 is 0 Å². The van der Waals surface area contributed by atoms with E-state index in [1.807, 2.05) is 12.4 Å². The van der Waals surface area contributed by atoms with E-state index in [2.05, 4.69) is 105 Å². The molecule has 0 saturated heterocycles. The Morgan fingerprint density at radius 3 is 1.90 bits per heavy atom. The molecule has 7 aromatic rings. The van der Waals surface area contributed by atoms with Crippen molar-refractivity contribution in [2.24, 2.45) is 0 Å². The molecule has 3 nitrogen and oxygen atoms in total. The highest BCUT2D eigenvalue weighted by atomic mass is 15.0. The summed E-state index contributed by atoms with van der Waals surface area (Å²) in [5, 5.41) is 6.20. The summed E-state index contributed by atoms with van der Waals surface area (Å²) in [4.78, 5) is 4.61. The first-order valence-electron chi connectivity index (χ1n) is 10.2. The lowest BCUT2D eigenvalue weighted by atomic mass is 10.1. The zero-order valence-electron chi connectivity index (χ0n) is 16.2. The number of nitrogens with zero attached hydrogens (tertiary/aromatic N) is 3. The highest BCUT2D eigenvalue weighted by Gasteiger charge is 2.14. The average molecular weight is 383 g/mol. The van der Waals surface area contributed by atoms with Crippen molar-refractivity contribution in [1.82, 2.24) is 14.0 Å². The van der Waals surface area contributed by atoms with Gasteiger partial charge in [0.25, 0.3) is 0 Å². The minimum absolute atomic E-state index is 1.00. The van der Waals surface area contributed by atoms with E-state index in [1.54, 1.807) is 0 Å². The molecule has 7 rings (SSSR count). The number of para-hydroxylation sites is 2. The van der Waals surface area contributed by atoms with Crippen LogP contribution in [0.1, 0.15) is 0 Å². The number of benzene rings is 4. The molecule has 3 aromatic heterocycles. The molecular weight excluding hydrogens is 366 g/mol. The number of hydrogen-bond acceptors (Lipinski definition) is 1. The lowest BCUT2D eigenvalue weighted by molar-refractivity contribution is 1.18. The zero-order valence-corrected chi connectivity index (χ0v) is 16.2. The van der Waals surface area contributed by atoms with Gasteiger partial charge in [-0.2, -0.15) is 0 Å². The molecule has 0 fully saturated rings. The maximum Gasteiger partial charge on any atom is 0.145 e. The van der Waals surface area contributed by atoms with Gasteiger partial charge in [0.1, 0.15) is 5.65 Å². The van der Waals surface area contributed by atoms with Gasteiger partial charge in [-0.25, -0.2) is 4.98 Å². The van der Waals surface area contributed by atoms with Crippen LogP contribution in [0.15, 0.2) is 103 Å². The SMILES string of the molecule is c1ccc2c(c1)c1cc(-n3c4ccccc4c4ccccc43)ccc1n1ccnc21. The molecule has 0 aliphatic rings. The normalized spacial score (nSPS) is 12.0. The predicted molar refractivity (Wildman–Crippen MR) is 125 cm³/mol. The topological polar surface area (TPSA) is 22.2 Å². The highest BCUT2D eigenvalue weighted by molar-refractivity contribution is 6.13. The third kappa shape index (κ3) is 1.96. The average Bonchev–Trinajstić information content (AvgIpc) is 3.42. The molecule has 0 saturated carbocycles. The van der Waals surface area contributed by atoms with Crippen LogP contribution in [0, 0.1) is 0 Å². The molecule has 3 heteroatoms. The molecule has 0 radical (unpaired) electrons. The van der Waals surface area contributed by atoms with Crippen molar-refractivity contribution >= 4 is 49.1 Å². The summed E-state index contributed by atoms with van der Waals surface area (Å²) in [6, 6.07) is 32.6. The van der Waals surface area contributed by atoms with Crippen molar-refractivity contribution in [2.45, 2.75) is 0 Å². The van der Waals surface area contributed by atoms with Crippen LogP contribution in [-0.2, 0) is 0 Å². The quantitative estimate of drug-likeness (QED) is 0.288. The lowest BCUT2D eigenvalue weighted by Crippen LogP contribution is -1.96. The first-order valence-corrected chi connectivity index (χ1v) is 10.2. The Hall–Kier alpha value is -4.11. The molecule has 0 spiro atoms. The molecule has 3 heterocycles. The Bertz CT molecular complexity index is 1700. The van der Waals surface area contributed by atoms with Crippen LogP contribution in [0.4, 0.5) is 0 Å². The largest absolute Gasteiger partial charge is 0.309 e. The van der Waals surface area contributed by atoms with Crippen LogP contribution in [-0.4, -0.2) is 14.0 Å². The van der Waals surface area contributed by atoms with Crippen molar-refractivity contribution in [2.75, 3.05) is 0 Å². The Balaban J connectivity index is 1.66. The monoisotopic (exact) mass is 383 g/mol. The molecule has 0 aliphatic carbocycles. The minimum Gasteiger partial charge on any atom is -0.309 e. The lowest BCUT2D eigenvalue weighted by Gasteiger charge is -2.12. The van der Waals surface area contributed by atoms with Crippen molar-refractivity contribution in [3.05, 3.63) is 103 Å². The Labute approximate surface area is 172 Å². The molecule has 30 heavy (non-hydrogen) atoms. The van der Waals surface area contributed by atoms with Crippen molar-refractivity contribution < 1.29 is 0 Å². The van der Waals surface area contributed by atoms with E-state index in [9.17, 15) is 0 Å². The second kappa shape index (κ2) is 5.71. The summed E-state index contributed by atoms with van der Waals surface area (Å²) >= 11 is 0. The van der Waals surface area contributed by atoms with Gasteiger partial charge in [0.15, 0.2) is 0 Å². The Morgan fingerprint density at radius 2 is 1.17 bits per heavy atom. The third-order valence-corrected chi connectivity index (χ3v) is 6.18. The van der Waals surface area contributed by atoms with Crippen LogP contribution in [0.5, 0.6) is 0 Å². The van der Waals surface area contributed by atoms with Crippen LogP contribution >= 0.6 is 0 Å². The zero-order chi connectivity index (χ0) is 19.7. The van der Waals surface area contributed by atoms with E-state index in [1.165, 1.54) is 49.2 Å². The molecular formula is C27H17N3. The van der Waals surface area contributed by atoms with E-state index in [-0.39, 0.29) is 0 Å². The number of aromatic nitrogens is 3. The summed E-state index contributed by atoms with van der Waals surface area (Å²) in [6.45, 7) is 0. The van der Waals surface area contributed by atoms with Crippen LogP contribution < -0.4 is 0 Å². The van der Waals surface area contributed by atoms with E-state index in [0.29, 0.717) is 0 Å². The Kier molecular flexibility index (Phi) is 3.00. The summed E-state index contributed by atoms with van der Waals surface area (Å²) in [5.41, 5.74) is 5.80. The van der Waals surface area contributed by atoms with Gasteiger partial charge in [0.2, 0.25) is 0 Å². The molecule has 0 atom stereocenters. The van der Waals surface area contributed by atoms with E-state index in [4.69, 9.17) is 0 Å². The second-order valence-corrected chi connectivity index (χ2v) is 7.74. The van der Waals surface area contributed by atoms with E-state index in [0.717, 1.165) is 5.65 Å². The fourth-order valence-electron chi connectivity index (χ4n) is 4.90. The number of rotatable bonds is 1. The number of imidazole rings is 1. The second-order valence-electron chi connectivity index (χ2n) is 7.74. The first kappa shape index (κ1) is 15.8. The highest BCUT2D eigenvalue weighted by Crippen LogP contribution is 2.35. The molecule has 0 bridgehead atoms. The van der Waals surface area contributed by atoms with Gasteiger partial charge in [-0.05, 0) is 35.7 Å². The molecule has 140 valence electrons. The fourth-order valence-corrected chi connectivity index (χ4v) is 4.90. The number of pyridine rings is 1. The van der Waals surface area contributed by atoms with Gasteiger partial charge in [0.05, 0.1) is 16.6 Å². The molecule has 0 unspecified atom stereocenters. The summed E-state index contributed by atoms with van der Waals surface area (Å²) < 4.78 is 4.56. The first-order chi connectivity index (χ1) is 14.9. The van der Waals surface area contributed by atoms with Gasteiger partial charge >= 0.3 is 0 Å². The summed E-state index contributed by atoms with van der Waals surface area (Å²) in [6.07, 6.45) is 3.92. The maximum atomic E-state index is 4.61. The number of hydrogen-bond donors (Lipinski definition) is 0. The maximum absolute atomic E-state index is 4.61. The predicted octanol–water partition coefficient (Wildman–Crippen LogP) is 6.74. The third-order valence-electron chi connectivity index (χ3n) is 6.18. The van der Waals surface area contributed by atoms with Crippen LogP contribution in [0.2, 0.25) is 0 Å². The van der Waals surface area contributed by atoms with Crippen molar-refractivity contribution in [3.63, 3.8) is 0 Å². The summed E-state index contributed by atoms with van der Waals surface area (Å²) in [5.74, 6) is 0. The van der Waals surface area contributed by atoms with Crippen molar-refractivity contribution in [3.8, 4) is 5.69 Å². The van der Waals surface area contributed by atoms with Gasteiger partial charge in [-0.1, -0.05) is 60.7 Å². The summed E-state index contributed by atoms with van der Waals surface area (Å²) in [7, 11) is 0. The Morgan fingerprint density at radius 1 is 0.533 bits per heavy atom. The van der Waals surface area contributed by atoms with Crippen LogP contribution in [0.3, 0.4) is 0 Å². The van der Waals surface area contributed by atoms with Crippen LogP contribution in [0.25, 0.3) is 54.8 Å². The minimum atomic E-state index is 1.00. The molecule has 0 amide bonds. The molecule has 0 aliphatic heterocycles. The molecule has 0 N–H and O–H groups in total. The standard InChI is InChI=1S/C27H17N3/c1-2-10-22-19(7-1)23-17-18(13-14-24(23)29-16-15-28-27(22)29)30-25-11-5-3-8-20(25)21-9-4-6-12-26(21)30/h1-17H. The van der Waals surface area contributed by atoms with E-state index >= 15 is 0 Å². The van der Waals surface area contributed by atoms with Gasteiger partial charge in [-0.3, -0.25) is 4.40 Å². The van der Waals surface area contributed by atoms with Gasteiger partial charge in [0, 0.05) is 39.6 Å². The van der Waals surface area contributed by atoms with Gasteiger partial charge < -0.3 is 4.57 Å². The van der Waals surface area contributed by atoms with Gasteiger partial charge in [-0.15, -0.1) is 0 Å². The van der Waals surface area contributed by atoms with Crippen molar-refractivity contribution in [1.29, 1.82) is 0 Å².